The van der Waals surface area contributed by atoms with Gasteiger partial charge in [-0.15, -0.1) is 0 Å². The van der Waals surface area contributed by atoms with Crippen LogP contribution < -0.4 is 15.5 Å². The van der Waals surface area contributed by atoms with Crippen LogP contribution in [-0.4, -0.2) is 44.3 Å². The monoisotopic (exact) mass is 573 g/mol. The summed E-state index contributed by atoms with van der Waals surface area (Å²) in [7, 11) is 0. The number of hydrogen-bond acceptors (Lipinski definition) is 5. The van der Waals surface area contributed by atoms with Crippen LogP contribution in [0.2, 0.25) is 0 Å². The molecule has 2 atom stereocenters. The second-order valence-corrected chi connectivity index (χ2v) is 9.56. The van der Waals surface area contributed by atoms with Crippen LogP contribution in [0.5, 0.6) is 5.75 Å². The fourth-order valence-corrected chi connectivity index (χ4v) is 5.35. The van der Waals surface area contributed by atoms with Crippen molar-refractivity contribution in [2.75, 3.05) is 13.2 Å². The fourth-order valence-electron chi connectivity index (χ4n) is 4.07. The van der Waals surface area contributed by atoms with Gasteiger partial charge in [0.2, 0.25) is 9.16 Å². The molecular formula is C22H22F2IN3O5. The van der Waals surface area contributed by atoms with Crippen LogP contribution >= 0.6 is 22.6 Å². The maximum Gasteiger partial charge on any atom is 0.277 e. The van der Waals surface area contributed by atoms with Crippen molar-refractivity contribution in [3.05, 3.63) is 63.1 Å². The zero-order chi connectivity index (χ0) is 23.9. The van der Waals surface area contributed by atoms with E-state index in [4.69, 9.17) is 9.47 Å². The van der Waals surface area contributed by atoms with Crippen LogP contribution in [0.25, 0.3) is 0 Å². The summed E-state index contributed by atoms with van der Waals surface area (Å²) in [5, 5.41) is 2.48. The minimum Gasteiger partial charge on any atom is -0.488 e. The molecule has 1 aromatic heterocycles. The third-order valence-electron chi connectivity index (χ3n) is 5.67. The quantitative estimate of drug-likeness (QED) is 0.338. The number of rotatable bonds is 5. The first-order chi connectivity index (χ1) is 15.7. The first kappa shape index (κ1) is 23.6. The van der Waals surface area contributed by atoms with Gasteiger partial charge in [0.25, 0.3) is 11.8 Å². The number of aromatic nitrogens is 1. The molecule has 0 aliphatic carbocycles. The third-order valence-corrected chi connectivity index (χ3v) is 6.84. The number of pyridine rings is 1. The molecule has 2 aromatic rings. The Morgan fingerprint density at radius 2 is 2.12 bits per heavy atom. The highest BCUT2D eigenvalue weighted by molar-refractivity contribution is 14.1. The van der Waals surface area contributed by atoms with E-state index in [-0.39, 0.29) is 48.3 Å². The molecule has 2 amide bonds. The molecule has 1 aromatic carbocycles. The van der Waals surface area contributed by atoms with Crippen LogP contribution in [0.3, 0.4) is 0 Å². The van der Waals surface area contributed by atoms with Gasteiger partial charge in [0.1, 0.15) is 17.2 Å². The van der Waals surface area contributed by atoms with Crippen molar-refractivity contribution in [1.29, 1.82) is 0 Å². The van der Waals surface area contributed by atoms with Crippen molar-refractivity contribution < 1.29 is 27.8 Å². The summed E-state index contributed by atoms with van der Waals surface area (Å²) in [6.07, 6.45) is 1.96. The fraction of sp³-hybridized carbons (Fsp3) is 0.409. The molecule has 11 heteroatoms. The Bertz CT molecular complexity index is 1190. The molecular weight excluding hydrogens is 551 g/mol. The summed E-state index contributed by atoms with van der Waals surface area (Å²) < 4.78 is 39.0. The van der Waals surface area contributed by atoms with Gasteiger partial charge in [0, 0.05) is 30.4 Å². The standard InChI is InChI=1S/C22H22F2IN3O5/c1-3-32-19-17-21(31)28-12(2)6-7-33-22(28,25)11-27(17)10-15(18(19)29)20(30)26-9-13-4-5-14(23)8-16(13)24/h4-5,8,10,12H,3,6-7,9,11H2,1-2H3,(H,26,30)/t12-,22-/m1/s1. The van der Waals surface area contributed by atoms with E-state index in [0.717, 1.165) is 6.07 Å². The van der Waals surface area contributed by atoms with Crippen LogP contribution in [0.15, 0.2) is 29.2 Å². The second-order valence-electron chi connectivity index (χ2n) is 7.88. The Hall–Kier alpha value is -2.54. The number of nitrogens with zero attached hydrogens (tertiary/aromatic N) is 2. The molecule has 8 nitrogen and oxygen atoms in total. The van der Waals surface area contributed by atoms with E-state index in [2.05, 4.69) is 27.9 Å². The van der Waals surface area contributed by atoms with E-state index in [0.29, 0.717) is 19.1 Å². The molecule has 1 saturated heterocycles. The normalized spacial score (nSPS) is 21.9. The van der Waals surface area contributed by atoms with E-state index >= 15 is 0 Å². The molecule has 0 radical (unpaired) electrons. The molecule has 0 spiro atoms. The molecule has 0 unspecified atom stereocenters. The number of fused-ring (bicyclic) bond motifs is 2. The van der Waals surface area contributed by atoms with Gasteiger partial charge in [-0.1, -0.05) is 6.07 Å². The second kappa shape index (κ2) is 9.01. The van der Waals surface area contributed by atoms with Gasteiger partial charge in [-0.05, 0) is 48.9 Å². The molecule has 2 aliphatic rings. The molecule has 2 aliphatic heterocycles. The van der Waals surface area contributed by atoms with E-state index < -0.39 is 32.6 Å². The van der Waals surface area contributed by atoms with Gasteiger partial charge in [-0.25, -0.2) is 8.78 Å². The molecule has 1 fully saturated rings. The average molecular weight is 573 g/mol. The van der Waals surface area contributed by atoms with Crippen molar-refractivity contribution in [3.63, 3.8) is 0 Å². The van der Waals surface area contributed by atoms with Crippen LogP contribution in [0.4, 0.5) is 8.78 Å². The van der Waals surface area contributed by atoms with Crippen molar-refractivity contribution in [2.45, 2.75) is 43.1 Å². The highest BCUT2D eigenvalue weighted by Crippen LogP contribution is 2.40. The van der Waals surface area contributed by atoms with Crippen LogP contribution in [0, 0.1) is 11.6 Å². The Labute approximate surface area is 202 Å². The minimum absolute atomic E-state index is 0.0626. The molecule has 1 N–H and O–H groups in total. The van der Waals surface area contributed by atoms with Gasteiger partial charge in [-0.2, -0.15) is 0 Å². The molecule has 3 heterocycles. The van der Waals surface area contributed by atoms with E-state index in [1.165, 1.54) is 16.8 Å². The lowest BCUT2D eigenvalue weighted by Gasteiger charge is -2.50. The van der Waals surface area contributed by atoms with Crippen molar-refractivity contribution >= 4 is 34.4 Å². The number of amides is 2. The molecule has 33 heavy (non-hydrogen) atoms. The van der Waals surface area contributed by atoms with E-state index in [1.807, 2.05) is 6.92 Å². The van der Waals surface area contributed by atoms with E-state index in [1.54, 1.807) is 11.8 Å². The highest BCUT2D eigenvalue weighted by Gasteiger charge is 2.50. The van der Waals surface area contributed by atoms with Crippen LogP contribution in [-0.2, 0) is 17.8 Å². The Morgan fingerprint density at radius 1 is 1.36 bits per heavy atom. The number of carbonyl (C=O) groups is 2. The van der Waals surface area contributed by atoms with Gasteiger partial charge in [-0.3, -0.25) is 19.3 Å². The Morgan fingerprint density at radius 3 is 2.82 bits per heavy atom. The zero-order valence-electron chi connectivity index (χ0n) is 18.0. The highest BCUT2D eigenvalue weighted by atomic mass is 127. The lowest BCUT2D eigenvalue weighted by molar-refractivity contribution is -0.124. The summed E-state index contributed by atoms with van der Waals surface area (Å²) in [6.45, 7) is 4.11. The summed E-state index contributed by atoms with van der Waals surface area (Å²) in [6, 6.07) is 2.90. The molecule has 0 bridgehead atoms. The first-order valence-electron chi connectivity index (χ1n) is 10.4. The number of carbonyl (C=O) groups excluding carboxylic acids is 2. The summed E-state index contributed by atoms with van der Waals surface area (Å²) in [5.74, 6) is -2.94. The summed E-state index contributed by atoms with van der Waals surface area (Å²) >= 11 is 2.07. The van der Waals surface area contributed by atoms with Gasteiger partial charge in [0.05, 0.1) is 19.8 Å². The lowest BCUT2D eigenvalue weighted by atomic mass is 10.1. The number of ether oxygens (including phenoxy) is 2. The SMILES string of the molecule is CCOc1c2n(cc(C(=O)NCc3ccc(F)cc3F)c1=O)C[C@]1(I)OCC[C@@H](C)N1C2=O. The van der Waals surface area contributed by atoms with Gasteiger partial charge >= 0.3 is 0 Å². The lowest BCUT2D eigenvalue weighted by Crippen LogP contribution is -2.62. The molecule has 4 rings (SSSR count). The predicted octanol–water partition coefficient (Wildman–Crippen LogP) is 2.81. The van der Waals surface area contributed by atoms with Gasteiger partial charge in [0.15, 0.2) is 11.4 Å². The summed E-state index contributed by atoms with van der Waals surface area (Å²) in [5.41, 5.74) is -0.864. The summed E-state index contributed by atoms with van der Waals surface area (Å²) in [4.78, 5) is 41.0. The maximum absolute atomic E-state index is 13.9. The van der Waals surface area contributed by atoms with Crippen molar-refractivity contribution in [2.24, 2.45) is 0 Å². The van der Waals surface area contributed by atoms with Crippen LogP contribution in [0.1, 0.15) is 46.7 Å². The zero-order valence-corrected chi connectivity index (χ0v) is 20.1. The molecule has 176 valence electrons. The average Bonchev–Trinajstić information content (AvgIpc) is 2.74. The largest absolute Gasteiger partial charge is 0.488 e. The number of nitrogens with one attached hydrogen (secondary N) is 1. The Balaban J connectivity index is 1.72. The first-order valence-corrected chi connectivity index (χ1v) is 11.5. The number of hydrogen-bond donors (Lipinski definition) is 1. The van der Waals surface area contributed by atoms with E-state index in [9.17, 15) is 23.2 Å². The Kier molecular flexibility index (Phi) is 6.45. The topological polar surface area (TPSA) is 89.9 Å². The minimum atomic E-state index is -0.969. The van der Waals surface area contributed by atoms with Crippen molar-refractivity contribution in [3.8, 4) is 5.75 Å². The number of halogens is 3. The third kappa shape index (κ3) is 4.23. The number of benzene rings is 1. The smallest absolute Gasteiger partial charge is 0.277 e. The molecule has 0 saturated carbocycles. The maximum atomic E-state index is 13.9. The predicted molar refractivity (Wildman–Crippen MR) is 122 cm³/mol. The van der Waals surface area contributed by atoms with Gasteiger partial charge < -0.3 is 19.4 Å². The number of alkyl halides is 1. The van der Waals surface area contributed by atoms with Crippen molar-refractivity contribution in [1.82, 2.24) is 14.8 Å².